The van der Waals surface area contributed by atoms with Crippen molar-refractivity contribution in [2.45, 2.75) is 13.0 Å². The standard InChI is InChI=1S/C7H10N2O2/c1-6(7(10)11)9-4-3-8(2)5-9/h3-6H,1-2H3/p+1. The fraction of sp³-hybridized carbons (Fsp3) is 0.429. The molecule has 0 aliphatic carbocycles. The van der Waals surface area contributed by atoms with Crippen LogP contribution >= 0.6 is 0 Å². The maximum atomic E-state index is 10.5. The van der Waals surface area contributed by atoms with E-state index >= 15 is 0 Å². The molecule has 4 heteroatoms. The molecule has 0 aromatic carbocycles. The minimum atomic E-state index is -0.818. The molecule has 1 atom stereocenters. The Bertz CT molecular complexity index is 267. The molecule has 0 saturated carbocycles. The normalized spacial score (nSPS) is 12.9. The van der Waals surface area contributed by atoms with E-state index in [9.17, 15) is 4.79 Å². The molecule has 4 nitrogen and oxygen atoms in total. The predicted octanol–water partition coefficient (Wildman–Crippen LogP) is -0.0418. The molecule has 1 N–H and O–H groups in total. The zero-order valence-electron chi connectivity index (χ0n) is 6.56. The van der Waals surface area contributed by atoms with E-state index in [2.05, 4.69) is 0 Å². The minimum Gasteiger partial charge on any atom is -0.478 e. The van der Waals surface area contributed by atoms with Crippen LogP contribution in [0.5, 0.6) is 0 Å². The summed E-state index contributed by atoms with van der Waals surface area (Å²) in [5.74, 6) is -0.818. The lowest BCUT2D eigenvalue weighted by Gasteiger charge is -1.98. The van der Waals surface area contributed by atoms with Crippen LogP contribution in [0.2, 0.25) is 0 Å². The number of carboxylic acid groups (broad SMARTS) is 1. The van der Waals surface area contributed by atoms with Crippen LogP contribution in [0.4, 0.5) is 0 Å². The van der Waals surface area contributed by atoms with Crippen molar-refractivity contribution in [3.05, 3.63) is 18.7 Å². The first kappa shape index (κ1) is 7.78. The molecule has 0 saturated heterocycles. The Kier molecular flexibility index (Phi) is 1.94. The van der Waals surface area contributed by atoms with Gasteiger partial charge in [-0.1, -0.05) is 0 Å². The number of aromatic nitrogens is 2. The van der Waals surface area contributed by atoms with Gasteiger partial charge in [-0.25, -0.2) is 13.9 Å². The third-order valence-electron chi connectivity index (χ3n) is 1.59. The van der Waals surface area contributed by atoms with Gasteiger partial charge < -0.3 is 5.11 Å². The molecule has 0 fully saturated rings. The molecule has 1 aromatic rings. The van der Waals surface area contributed by atoms with E-state index in [4.69, 9.17) is 5.11 Å². The van der Waals surface area contributed by atoms with Gasteiger partial charge in [-0.3, -0.25) is 0 Å². The highest BCUT2D eigenvalue weighted by Crippen LogP contribution is 1.92. The number of carboxylic acids is 1. The highest BCUT2D eigenvalue weighted by Gasteiger charge is 2.17. The van der Waals surface area contributed by atoms with E-state index in [0.29, 0.717) is 0 Å². The molecule has 0 bridgehead atoms. The van der Waals surface area contributed by atoms with Crippen molar-refractivity contribution in [2.24, 2.45) is 7.05 Å². The first-order chi connectivity index (χ1) is 5.11. The Morgan fingerprint density at radius 1 is 1.73 bits per heavy atom. The quantitative estimate of drug-likeness (QED) is 0.609. The van der Waals surface area contributed by atoms with Crippen molar-refractivity contribution >= 4 is 5.97 Å². The number of aliphatic carboxylic acids is 1. The third-order valence-corrected chi connectivity index (χ3v) is 1.59. The van der Waals surface area contributed by atoms with Crippen LogP contribution in [0.1, 0.15) is 13.0 Å². The second-order valence-electron chi connectivity index (χ2n) is 2.54. The van der Waals surface area contributed by atoms with Gasteiger partial charge in [0.2, 0.25) is 6.33 Å². The SMILES string of the molecule is CC(C(=O)O)[n+]1ccn(C)c1. The largest absolute Gasteiger partial charge is 0.478 e. The van der Waals surface area contributed by atoms with Gasteiger partial charge in [-0.15, -0.1) is 0 Å². The first-order valence-electron chi connectivity index (χ1n) is 3.37. The monoisotopic (exact) mass is 155 g/mol. The second kappa shape index (κ2) is 2.74. The van der Waals surface area contributed by atoms with Crippen LogP contribution in [0.25, 0.3) is 0 Å². The number of aryl methyl sites for hydroxylation is 1. The number of nitrogens with zero attached hydrogens (tertiary/aromatic N) is 2. The molecular formula is C7H11N2O2+. The predicted molar refractivity (Wildman–Crippen MR) is 38.0 cm³/mol. The van der Waals surface area contributed by atoms with Crippen LogP contribution in [0.15, 0.2) is 18.7 Å². The molecule has 0 spiro atoms. The third kappa shape index (κ3) is 1.58. The second-order valence-corrected chi connectivity index (χ2v) is 2.54. The van der Waals surface area contributed by atoms with Crippen molar-refractivity contribution in [3.8, 4) is 0 Å². The molecule has 0 aliphatic heterocycles. The summed E-state index contributed by atoms with van der Waals surface area (Å²) in [5, 5.41) is 8.61. The Morgan fingerprint density at radius 2 is 2.36 bits per heavy atom. The van der Waals surface area contributed by atoms with E-state index in [0.717, 1.165) is 0 Å². The Hall–Kier alpha value is -1.32. The number of imidazole rings is 1. The summed E-state index contributed by atoms with van der Waals surface area (Å²) >= 11 is 0. The molecular weight excluding hydrogens is 144 g/mol. The Balaban J connectivity index is 2.84. The molecule has 1 rings (SSSR count). The van der Waals surface area contributed by atoms with Crippen LogP contribution in [0, 0.1) is 0 Å². The summed E-state index contributed by atoms with van der Waals surface area (Å²) in [5.41, 5.74) is 0. The van der Waals surface area contributed by atoms with E-state index in [1.807, 2.05) is 7.05 Å². The van der Waals surface area contributed by atoms with Crippen molar-refractivity contribution in [3.63, 3.8) is 0 Å². The van der Waals surface area contributed by atoms with Crippen LogP contribution < -0.4 is 4.57 Å². The van der Waals surface area contributed by atoms with Crippen LogP contribution in [-0.4, -0.2) is 15.6 Å². The van der Waals surface area contributed by atoms with Crippen LogP contribution in [-0.2, 0) is 11.8 Å². The van der Waals surface area contributed by atoms with Gasteiger partial charge in [0.1, 0.15) is 12.4 Å². The molecule has 0 amide bonds. The van der Waals surface area contributed by atoms with Gasteiger partial charge >= 0.3 is 5.97 Å². The van der Waals surface area contributed by atoms with Gasteiger partial charge in [-0.2, -0.15) is 0 Å². The van der Waals surface area contributed by atoms with Crippen molar-refractivity contribution in [1.29, 1.82) is 0 Å². The van der Waals surface area contributed by atoms with Crippen molar-refractivity contribution in [1.82, 2.24) is 4.57 Å². The Labute approximate surface area is 64.7 Å². The topological polar surface area (TPSA) is 46.1 Å². The zero-order chi connectivity index (χ0) is 8.43. The van der Waals surface area contributed by atoms with Gasteiger partial charge in [0.15, 0.2) is 6.04 Å². The van der Waals surface area contributed by atoms with Crippen molar-refractivity contribution < 1.29 is 14.5 Å². The lowest BCUT2D eigenvalue weighted by molar-refractivity contribution is -0.706. The fourth-order valence-electron chi connectivity index (χ4n) is 0.826. The molecule has 1 aromatic heterocycles. The van der Waals surface area contributed by atoms with E-state index < -0.39 is 12.0 Å². The van der Waals surface area contributed by atoms with E-state index in [-0.39, 0.29) is 0 Å². The van der Waals surface area contributed by atoms with Crippen LogP contribution in [0.3, 0.4) is 0 Å². The number of hydrogen-bond donors (Lipinski definition) is 1. The summed E-state index contributed by atoms with van der Waals surface area (Å²) in [4.78, 5) is 10.5. The highest BCUT2D eigenvalue weighted by atomic mass is 16.4. The molecule has 1 unspecified atom stereocenters. The average molecular weight is 155 g/mol. The lowest BCUT2D eigenvalue weighted by atomic mass is 10.3. The summed E-state index contributed by atoms with van der Waals surface area (Å²) in [6.45, 7) is 1.64. The summed E-state index contributed by atoms with van der Waals surface area (Å²) in [6, 6.07) is -0.490. The van der Waals surface area contributed by atoms with E-state index in [1.54, 1.807) is 34.8 Å². The van der Waals surface area contributed by atoms with E-state index in [1.165, 1.54) is 0 Å². The number of rotatable bonds is 2. The molecule has 0 radical (unpaired) electrons. The lowest BCUT2D eigenvalue weighted by Crippen LogP contribution is -2.40. The Morgan fingerprint density at radius 3 is 2.73 bits per heavy atom. The van der Waals surface area contributed by atoms with Gasteiger partial charge in [0, 0.05) is 0 Å². The highest BCUT2D eigenvalue weighted by molar-refractivity contribution is 5.69. The maximum Gasteiger partial charge on any atom is 0.349 e. The van der Waals surface area contributed by atoms with Gasteiger partial charge in [0.25, 0.3) is 0 Å². The summed E-state index contributed by atoms with van der Waals surface area (Å²) < 4.78 is 3.45. The zero-order valence-corrected chi connectivity index (χ0v) is 6.56. The van der Waals surface area contributed by atoms with Gasteiger partial charge in [-0.05, 0) is 6.92 Å². The molecule has 60 valence electrons. The number of hydrogen-bond acceptors (Lipinski definition) is 1. The maximum absolute atomic E-state index is 10.5. The van der Waals surface area contributed by atoms with Gasteiger partial charge in [0.05, 0.1) is 7.05 Å². The first-order valence-corrected chi connectivity index (χ1v) is 3.37. The molecule has 11 heavy (non-hydrogen) atoms. The fourth-order valence-corrected chi connectivity index (χ4v) is 0.826. The smallest absolute Gasteiger partial charge is 0.349 e. The summed E-state index contributed by atoms with van der Waals surface area (Å²) in [7, 11) is 1.85. The molecule has 1 heterocycles. The molecule has 0 aliphatic rings. The van der Waals surface area contributed by atoms with Crippen molar-refractivity contribution in [2.75, 3.05) is 0 Å². The summed E-state index contributed by atoms with van der Waals surface area (Å²) in [6.07, 6.45) is 5.27. The number of carbonyl (C=O) groups is 1. The average Bonchev–Trinajstić information content (AvgIpc) is 2.34. The minimum absolute atomic E-state index is 0.490.